The summed E-state index contributed by atoms with van der Waals surface area (Å²) in [6.07, 6.45) is 4.46. The molecule has 2 aliphatic carbocycles. The number of hydrogen-bond donors (Lipinski definition) is 1. The molecule has 1 aliphatic heterocycles. The summed E-state index contributed by atoms with van der Waals surface area (Å²) >= 11 is 0. The molecule has 2 N–H and O–H groups in total. The fourth-order valence-corrected chi connectivity index (χ4v) is 6.28. The summed E-state index contributed by atoms with van der Waals surface area (Å²) in [5.41, 5.74) is 5.50. The Morgan fingerprint density at radius 2 is 1.89 bits per heavy atom. The predicted molar refractivity (Wildman–Crippen MR) is 124 cm³/mol. The fraction of sp³-hybridized carbons (Fsp3) is 0.407. The van der Waals surface area contributed by atoms with Crippen molar-refractivity contribution in [3.63, 3.8) is 0 Å². The van der Waals surface area contributed by atoms with Crippen molar-refractivity contribution in [1.29, 1.82) is 0 Å². The van der Waals surface area contributed by atoms with Crippen LogP contribution in [0.1, 0.15) is 48.2 Å². The third-order valence-electron chi connectivity index (χ3n) is 8.01. The van der Waals surface area contributed by atoms with Crippen LogP contribution in [-0.2, 0) is 28.6 Å². The summed E-state index contributed by atoms with van der Waals surface area (Å²) in [7, 11) is 1.24. The van der Waals surface area contributed by atoms with Crippen molar-refractivity contribution < 1.29 is 37.8 Å². The topological polar surface area (TPSA) is 135 Å². The summed E-state index contributed by atoms with van der Waals surface area (Å²) in [5.74, 6) is -5.27. The van der Waals surface area contributed by atoms with Gasteiger partial charge in [0.15, 0.2) is 5.76 Å². The molecule has 2 fully saturated rings. The minimum absolute atomic E-state index is 0.214. The second kappa shape index (κ2) is 8.74. The van der Waals surface area contributed by atoms with E-state index in [1.165, 1.54) is 25.7 Å². The first-order chi connectivity index (χ1) is 17.2. The van der Waals surface area contributed by atoms with Crippen molar-refractivity contribution in [1.82, 2.24) is 0 Å². The molecule has 0 spiro atoms. The number of hydrogen-bond acceptors (Lipinski definition) is 9. The number of ketones is 1. The Labute approximate surface area is 207 Å². The van der Waals surface area contributed by atoms with Gasteiger partial charge in [-0.3, -0.25) is 14.4 Å². The van der Waals surface area contributed by atoms with Crippen molar-refractivity contribution in [3.8, 4) is 0 Å². The summed E-state index contributed by atoms with van der Waals surface area (Å²) in [4.78, 5) is 52.9. The number of benzene rings is 1. The second-order valence-electron chi connectivity index (χ2n) is 9.98. The SMILES string of the molecule is COC(=O)[C@@H]1C=C(OC(=O)c2ccccc2)C(=O)[C@@H]2[C@@]3(C)C[C@@H](c4ccoc4)OC(=O)[C@@H]3CC[C@]21N. The van der Waals surface area contributed by atoms with E-state index in [9.17, 15) is 19.2 Å². The lowest BCUT2D eigenvalue weighted by Gasteiger charge is -2.59. The lowest BCUT2D eigenvalue weighted by molar-refractivity contribution is -0.190. The van der Waals surface area contributed by atoms with Crippen molar-refractivity contribution >= 4 is 23.7 Å². The Kier molecular flexibility index (Phi) is 5.83. The Hall–Kier alpha value is -3.72. The van der Waals surface area contributed by atoms with Gasteiger partial charge in [-0.25, -0.2) is 4.79 Å². The molecule has 3 aliphatic rings. The Bertz CT molecular complexity index is 1240. The normalized spacial score (nSPS) is 33.5. The van der Waals surface area contributed by atoms with Gasteiger partial charge >= 0.3 is 17.9 Å². The van der Waals surface area contributed by atoms with E-state index < -0.39 is 58.5 Å². The number of esters is 3. The predicted octanol–water partition coefficient (Wildman–Crippen LogP) is 3.11. The molecule has 188 valence electrons. The van der Waals surface area contributed by atoms with E-state index >= 15 is 0 Å². The van der Waals surface area contributed by atoms with Crippen LogP contribution in [0.5, 0.6) is 0 Å². The molecule has 2 heterocycles. The van der Waals surface area contributed by atoms with Crippen LogP contribution in [0.4, 0.5) is 0 Å². The highest BCUT2D eigenvalue weighted by Crippen LogP contribution is 2.60. The maximum Gasteiger partial charge on any atom is 0.343 e. The third kappa shape index (κ3) is 3.65. The number of fused-ring (bicyclic) bond motifs is 3. The van der Waals surface area contributed by atoms with Gasteiger partial charge in [0.1, 0.15) is 6.10 Å². The molecule has 2 aromatic rings. The van der Waals surface area contributed by atoms with Crippen LogP contribution in [0.3, 0.4) is 0 Å². The fourth-order valence-electron chi connectivity index (χ4n) is 6.28. The van der Waals surface area contributed by atoms with Gasteiger partial charge in [0.2, 0.25) is 5.78 Å². The summed E-state index contributed by atoms with van der Waals surface area (Å²) in [6.45, 7) is 1.82. The molecule has 5 rings (SSSR count). The monoisotopic (exact) mass is 493 g/mol. The van der Waals surface area contributed by atoms with Crippen LogP contribution in [-0.4, -0.2) is 36.3 Å². The molecule has 9 heteroatoms. The number of cyclic esters (lactones) is 1. The average molecular weight is 494 g/mol. The molecule has 1 aromatic carbocycles. The van der Waals surface area contributed by atoms with Gasteiger partial charge in [-0.05, 0) is 49.0 Å². The molecule has 36 heavy (non-hydrogen) atoms. The van der Waals surface area contributed by atoms with Crippen LogP contribution >= 0.6 is 0 Å². The van der Waals surface area contributed by atoms with E-state index in [1.54, 1.807) is 36.4 Å². The minimum atomic E-state index is -1.34. The third-order valence-corrected chi connectivity index (χ3v) is 8.01. The summed E-state index contributed by atoms with van der Waals surface area (Å²) in [5, 5.41) is 0. The number of furan rings is 1. The zero-order valence-electron chi connectivity index (χ0n) is 20.0. The summed E-state index contributed by atoms with van der Waals surface area (Å²) in [6, 6.07) is 9.92. The summed E-state index contributed by atoms with van der Waals surface area (Å²) < 4.78 is 21.5. The Morgan fingerprint density at radius 1 is 1.14 bits per heavy atom. The molecule has 0 unspecified atom stereocenters. The molecule has 6 atom stereocenters. The van der Waals surface area contributed by atoms with E-state index in [0.29, 0.717) is 12.0 Å². The molecule has 0 amide bonds. The van der Waals surface area contributed by atoms with Gasteiger partial charge in [0.05, 0.1) is 43.0 Å². The zero-order valence-corrected chi connectivity index (χ0v) is 20.0. The number of Topliss-reactive ketones (excluding diaryl/α,β-unsaturated/α-hetero) is 1. The standard InChI is InChI=1S/C27H27NO8/c1-26-13-20(16-9-11-34-14-16)36-25(32)17(26)8-10-27(28)18(24(31)33-2)12-19(21(29)22(26)27)35-23(30)15-6-4-3-5-7-15/h3-7,9,11-12,14,17-18,20,22H,8,10,13,28H2,1-2H3/t17-,18-,20-,22+,26-,27+/m0/s1. The Balaban J connectivity index is 1.57. The number of allylic oxidation sites excluding steroid dienone is 1. The second-order valence-corrected chi connectivity index (χ2v) is 9.98. The van der Waals surface area contributed by atoms with E-state index in [-0.39, 0.29) is 24.2 Å². The van der Waals surface area contributed by atoms with Gasteiger partial charge < -0.3 is 24.4 Å². The van der Waals surface area contributed by atoms with Crippen molar-refractivity contribution in [2.24, 2.45) is 28.9 Å². The zero-order chi connectivity index (χ0) is 25.7. The first-order valence-corrected chi connectivity index (χ1v) is 11.8. The smallest absolute Gasteiger partial charge is 0.343 e. The molecule has 1 saturated carbocycles. The lowest BCUT2D eigenvalue weighted by Crippen LogP contribution is -2.70. The average Bonchev–Trinajstić information content (AvgIpc) is 3.40. The molecule has 9 nitrogen and oxygen atoms in total. The van der Waals surface area contributed by atoms with E-state index in [0.717, 1.165) is 0 Å². The molecule has 1 saturated heterocycles. The van der Waals surface area contributed by atoms with Crippen molar-refractivity contribution in [3.05, 3.63) is 71.9 Å². The van der Waals surface area contributed by atoms with E-state index in [2.05, 4.69) is 0 Å². The van der Waals surface area contributed by atoms with Crippen LogP contribution in [0.2, 0.25) is 0 Å². The van der Waals surface area contributed by atoms with Crippen LogP contribution in [0, 0.1) is 23.2 Å². The molecular weight excluding hydrogens is 466 g/mol. The van der Waals surface area contributed by atoms with Gasteiger partial charge in [-0.2, -0.15) is 0 Å². The largest absolute Gasteiger partial charge is 0.472 e. The van der Waals surface area contributed by atoms with Crippen molar-refractivity contribution in [2.75, 3.05) is 7.11 Å². The number of ether oxygens (including phenoxy) is 3. The highest BCUT2D eigenvalue weighted by Gasteiger charge is 2.67. The molecule has 0 bridgehead atoms. The van der Waals surface area contributed by atoms with E-state index in [4.69, 9.17) is 24.4 Å². The number of carbonyl (C=O) groups is 4. The maximum atomic E-state index is 14.0. The number of rotatable bonds is 4. The minimum Gasteiger partial charge on any atom is -0.472 e. The van der Waals surface area contributed by atoms with Gasteiger partial charge in [0, 0.05) is 11.1 Å². The number of methoxy groups -OCH3 is 1. The van der Waals surface area contributed by atoms with Crippen molar-refractivity contribution in [2.45, 2.75) is 37.8 Å². The first kappa shape index (κ1) is 24.0. The highest BCUT2D eigenvalue weighted by molar-refractivity contribution is 6.04. The molecule has 1 aromatic heterocycles. The van der Waals surface area contributed by atoms with Gasteiger partial charge in [-0.15, -0.1) is 0 Å². The molecular formula is C27H27NO8. The lowest BCUT2D eigenvalue weighted by atomic mass is 9.47. The molecule has 0 radical (unpaired) electrons. The maximum absolute atomic E-state index is 14.0. The van der Waals surface area contributed by atoms with Crippen LogP contribution in [0.25, 0.3) is 0 Å². The first-order valence-electron chi connectivity index (χ1n) is 11.8. The van der Waals surface area contributed by atoms with Gasteiger partial charge in [-0.1, -0.05) is 25.1 Å². The van der Waals surface area contributed by atoms with Gasteiger partial charge in [0.25, 0.3) is 0 Å². The van der Waals surface area contributed by atoms with E-state index in [1.807, 2.05) is 6.92 Å². The number of carbonyl (C=O) groups excluding carboxylic acids is 4. The van der Waals surface area contributed by atoms with Crippen LogP contribution in [0.15, 0.2) is 65.2 Å². The number of nitrogens with two attached hydrogens (primary N) is 1. The Morgan fingerprint density at radius 3 is 2.56 bits per heavy atom. The van der Waals surface area contributed by atoms with Crippen LogP contribution < -0.4 is 5.73 Å². The quantitative estimate of drug-likeness (QED) is 0.503. The highest BCUT2D eigenvalue weighted by atomic mass is 16.6.